The van der Waals surface area contributed by atoms with E-state index in [1.165, 1.54) is 37.1 Å². The van der Waals surface area contributed by atoms with Gasteiger partial charge < -0.3 is 10.4 Å². The standard InChI is InChI=1S/C19H31N3O/c1-21(16-19(23)9-6-10-20-15-19)13-17-7-2-3-8-18(17)14-22-11-4-5-12-22/h2-3,7-8,20,23H,4-6,9-16H2,1H3/t19-/m1/s1. The molecule has 3 rings (SSSR count). The maximum Gasteiger partial charge on any atom is 0.0898 e. The van der Waals surface area contributed by atoms with Crippen LogP contribution in [0.5, 0.6) is 0 Å². The van der Waals surface area contributed by atoms with Crippen LogP contribution in [-0.4, -0.2) is 60.3 Å². The first kappa shape index (κ1) is 16.9. The molecule has 0 aromatic heterocycles. The molecule has 0 unspecified atom stereocenters. The summed E-state index contributed by atoms with van der Waals surface area (Å²) in [5.41, 5.74) is 2.26. The number of piperidine rings is 1. The van der Waals surface area contributed by atoms with Gasteiger partial charge in [0, 0.05) is 26.2 Å². The number of likely N-dealkylation sites (N-methyl/N-ethyl adjacent to an activating group) is 1. The van der Waals surface area contributed by atoms with Crippen LogP contribution in [0.25, 0.3) is 0 Å². The zero-order valence-corrected chi connectivity index (χ0v) is 14.4. The first-order valence-corrected chi connectivity index (χ1v) is 9.05. The monoisotopic (exact) mass is 317 g/mol. The van der Waals surface area contributed by atoms with Gasteiger partial charge in [0.15, 0.2) is 0 Å². The third-order valence-electron chi connectivity index (χ3n) is 5.17. The highest BCUT2D eigenvalue weighted by molar-refractivity contribution is 5.27. The first-order valence-electron chi connectivity index (χ1n) is 9.05. The Balaban J connectivity index is 1.60. The number of hydrogen-bond donors (Lipinski definition) is 2. The molecule has 0 radical (unpaired) electrons. The van der Waals surface area contributed by atoms with Crippen LogP contribution >= 0.6 is 0 Å². The van der Waals surface area contributed by atoms with Gasteiger partial charge in [0.2, 0.25) is 0 Å². The third-order valence-corrected chi connectivity index (χ3v) is 5.17. The number of likely N-dealkylation sites (tertiary alicyclic amines) is 1. The molecule has 1 aromatic carbocycles. The quantitative estimate of drug-likeness (QED) is 0.840. The van der Waals surface area contributed by atoms with Crippen LogP contribution in [0.2, 0.25) is 0 Å². The molecule has 23 heavy (non-hydrogen) atoms. The lowest BCUT2D eigenvalue weighted by Crippen LogP contribution is -2.52. The summed E-state index contributed by atoms with van der Waals surface area (Å²) in [7, 11) is 2.12. The maximum atomic E-state index is 10.7. The van der Waals surface area contributed by atoms with Gasteiger partial charge in [0.1, 0.15) is 0 Å². The van der Waals surface area contributed by atoms with E-state index in [2.05, 4.69) is 46.4 Å². The molecule has 1 atom stereocenters. The van der Waals surface area contributed by atoms with Crippen LogP contribution in [0.15, 0.2) is 24.3 Å². The molecule has 1 aromatic rings. The van der Waals surface area contributed by atoms with Crippen LogP contribution in [0.4, 0.5) is 0 Å². The van der Waals surface area contributed by atoms with Crippen molar-refractivity contribution < 1.29 is 5.11 Å². The molecule has 128 valence electrons. The Morgan fingerprint density at radius 2 is 1.91 bits per heavy atom. The lowest BCUT2D eigenvalue weighted by molar-refractivity contribution is -0.0113. The predicted molar refractivity (Wildman–Crippen MR) is 94.3 cm³/mol. The van der Waals surface area contributed by atoms with Crippen LogP contribution in [-0.2, 0) is 13.1 Å². The molecule has 2 aliphatic heterocycles. The van der Waals surface area contributed by atoms with Crippen molar-refractivity contribution in [3.8, 4) is 0 Å². The Morgan fingerprint density at radius 1 is 1.17 bits per heavy atom. The minimum absolute atomic E-state index is 0.573. The van der Waals surface area contributed by atoms with Crippen molar-refractivity contribution in [2.75, 3.05) is 39.8 Å². The second-order valence-electron chi connectivity index (χ2n) is 7.43. The van der Waals surface area contributed by atoms with Crippen molar-refractivity contribution >= 4 is 0 Å². The van der Waals surface area contributed by atoms with Gasteiger partial charge in [-0.1, -0.05) is 24.3 Å². The lowest BCUT2D eigenvalue weighted by Gasteiger charge is -2.36. The second kappa shape index (κ2) is 7.75. The average Bonchev–Trinajstić information content (AvgIpc) is 3.02. The molecular formula is C19H31N3O. The normalized spacial score (nSPS) is 26.0. The summed E-state index contributed by atoms with van der Waals surface area (Å²) >= 11 is 0. The van der Waals surface area contributed by atoms with Crippen LogP contribution in [0.1, 0.15) is 36.8 Å². The highest BCUT2D eigenvalue weighted by Gasteiger charge is 2.30. The smallest absolute Gasteiger partial charge is 0.0898 e. The molecule has 0 aliphatic carbocycles. The van der Waals surface area contributed by atoms with E-state index < -0.39 is 5.60 Å². The SMILES string of the molecule is CN(Cc1ccccc1CN1CCCC1)C[C@@]1(O)CCCNC1. The predicted octanol–water partition coefficient (Wildman–Crippen LogP) is 1.83. The molecule has 2 N–H and O–H groups in total. The van der Waals surface area contributed by atoms with E-state index in [4.69, 9.17) is 0 Å². The molecule has 2 heterocycles. The van der Waals surface area contributed by atoms with Gasteiger partial charge in [-0.3, -0.25) is 9.80 Å². The van der Waals surface area contributed by atoms with Crippen molar-refractivity contribution in [1.82, 2.24) is 15.1 Å². The number of nitrogens with one attached hydrogen (secondary N) is 1. The van der Waals surface area contributed by atoms with Crippen molar-refractivity contribution in [3.63, 3.8) is 0 Å². The van der Waals surface area contributed by atoms with Crippen molar-refractivity contribution in [2.45, 2.75) is 44.4 Å². The van der Waals surface area contributed by atoms with Gasteiger partial charge in [0.25, 0.3) is 0 Å². The van der Waals surface area contributed by atoms with Gasteiger partial charge in [0.05, 0.1) is 5.60 Å². The van der Waals surface area contributed by atoms with E-state index in [9.17, 15) is 5.11 Å². The number of benzene rings is 1. The minimum Gasteiger partial charge on any atom is -0.387 e. The number of aliphatic hydroxyl groups is 1. The van der Waals surface area contributed by atoms with E-state index in [0.29, 0.717) is 6.54 Å². The third kappa shape index (κ3) is 4.77. The summed E-state index contributed by atoms with van der Waals surface area (Å²) in [6, 6.07) is 8.78. The second-order valence-corrected chi connectivity index (χ2v) is 7.43. The van der Waals surface area contributed by atoms with Crippen LogP contribution in [0.3, 0.4) is 0 Å². The highest BCUT2D eigenvalue weighted by Crippen LogP contribution is 2.20. The van der Waals surface area contributed by atoms with Gasteiger partial charge in [-0.15, -0.1) is 0 Å². The van der Waals surface area contributed by atoms with Crippen LogP contribution in [0, 0.1) is 0 Å². The fourth-order valence-electron chi connectivity index (χ4n) is 3.98. The van der Waals surface area contributed by atoms with Crippen molar-refractivity contribution in [1.29, 1.82) is 0 Å². The number of nitrogens with zero attached hydrogens (tertiary/aromatic N) is 2. The van der Waals surface area contributed by atoms with E-state index in [1.54, 1.807) is 0 Å². The Kier molecular flexibility index (Phi) is 5.70. The summed E-state index contributed by atoms with van der Waals surface area (Å²) in [5.74, 6) is 0. The van der Waals surface area contributed by atoms with E-state index >= 15 is 0 Å². The Morgan fingerprint density at radius 3 is 2.61 bits per heavy atom. The summed E-state index contributed by atoms with van der Waals surface area (Å²) in [6.45, 7) is 6.92. The molecule has 0 bridgehead atoms. The van der Waals surface area contributed by atoms with Crippen molar-refractivity contribution in [3.05, 3.63) is 35.4 Å². The molecule has 2 saturated heterocycles. The van der Waals surface area contributed by atoms with Gasteiger partial charge in [-0.2, -0.15) is 0 Å². The van der Waals surface area contributed by atoms with E-state index in [1.807, 2.05) is 0 Å². The Hall–Kier alpha value is -0.940. The zero-order valence-electron chi connectivity index (χ0n) is 14.4. The topological polar surface area (TPSA) is 38.7 Å². The number of β-amino-alcohol motifs (C(OH)–C–C–N with tert-alkyl or cyclic N) is 1. The molecule has 2 aliphatic rings. The fourth-order valence-corrected chi connectivity index (χ4v) is 3.98. The zero-order chi connectivity index (χ0) is 16.1. The minimum atomic E-state index is -0.573. The Bertz CT molecular complexity index is 493. The molecule has 4 nitrogen and oxygen atoms in total. The first-order chi connectivity index (χ1) is 11.1. The molecule has 4 heteroatoms. The summed E-state index contributed by atoms with van der Waals surface area (Å²) in [5, 5.41) is 14.0. The molecular weight excluding hydrogens is 286 g/mol. The number of hydrogen-bond acceptors (Lipinski definition) is 4. The maximum absolute atomic E-state index is 10.7. The molecule has 2 fully saturated rings. The molecule has 0 saturated carbocycles. The van der Waals surface area contributed by atoms with Gasteiger partial charge in [-0.05, 0) is 63.5 Å². The van der Waals surface area contributed by atoms with Gasteiger partial charge >= 0.3 is 0 Å². The van der Waals surface area contributed by atoms with Gasteiger partial charge in [-0.25, -0.2) is 0 Å². The van der Waals surface area contributed by atoms with Crippen LogP contribution < -0.4 is 5.32 Å². The van der Waals surface area contributed by atoms with Crippen molar-refractivity contribution in [2.24, 2.45) is 0 Å². The summed E-state index contributed by atoms with van der Waals surface area (Å²) < 4.78 is 0. The summed E-state index contributed by atoms with van der Waals surface area (Å²) in [6.07, 6.45) is 4.64. The number of rotatable bonds is 6. The van der Waals surface area contributed by atoms with E-state index in [0.717, 1.165) is 39.0 Å². The molecule has 0 amide bonds. The average molecular weight is 317 g/mol. The largest absolute Gasteiger partial charge is 0.387 e. The van der Waals surface area contributed by atoms with E-state index in [-0.39, 0.29) is 0 Å². The lowest BCUT2D eigenvalue weighted by atomic mass is 9.93. The Labute approximate surface area is 140 Å². The fraction of sp³-hybridized carbons (Fsp3) is 0.684. The highest BCUT2D eigenvalue weighted by atomic mass is 16.3. The molecule has 0 spiro atoms. The summed E-state index contributed by atoms with van der Waals surface area (Å²) in [4.78, 5) is 4.83.